The van der Waals surface area contributed by atoms with Gasteiger partial charge >= 0.3 is 5.69 Å². The lowest BCUT2D eigenvalue weighted by atomic mass is 9.95. The standard InChI is InChI=1S/C24H24F2N2O5/c1-14(16-9-18(25)13-19(26)10-16)27-23(15-5-7-20(31-2)8-6-15)17-11-21(28(29)30)24(33-4)22(12-17)32-3/h5-14,23,27H,1-4H3. The predicted octanol–water partition coefficient (Wildman–Crippen LogP) is 5.34. The number of nitrogens with one attached hydrogen (secondary N) is 1. The van der Waals surface area contributed by atoms with Gasteiger partial charge in [-0.3, -0.25) is 15.4 Å². The van der Waals surface area contributed by atoms with Crippen molar-refractivity contribution in [2.24, 2.45) is 0 Å². The summed E-state index contributed by atoms with van der Waals surface area (Å²) in [6.45, 7) is 1.75. The first-order valence-electron chi connectivity index (χ1n) is 10.0. The normalized spacial score (nSPS) is 12.7. The summed E-state index contributed by atoms with van der Waals surface area (Å²) < 4.78 is 43.3. The fraction of sp³-hybridized carbons (Fsp3) is 0.250. The molecule has 33 heavy (non-hydrogen) atoms. The molecule has 0 aromatic heterocycles. The third kappa shape index (κ3) is 5.38. The van der Waals surface area contributed by atoms with Gasteiger partial charge in [0.05, 0.1) is 32.3 Å². The van der Waals surface area contributed by atoms with Crippen LogP contribution in [0.25, 0.3) is 0 Å². The molecule has 3 rings (SSSR count). The third-order valence-electron chi connectivity index (χ3n) is 5.26. The Hall–Kier alpha value is -3.72. The number of hydrogen-bond acceptors (Lipinski definition) is 6. The molecule has 7 nitrogen and oxygen atoms in total. The van der Waals surface area contributed by atoms with E-state index in [-0.39, 0.29) is 17.2 Å². The molecule has 174 valence electrons. The molecule has 0 bridgehead atoms. The van der Waals surface area contributed by atoms with Crippen LogP contribution in [0.4, 0.5) is 14.5 Å². The van der Waals surface area contributed by atoms with Crippen molar-refractivity contribution in [3.63, 3.8) is 0 Å². The summed E-state index contributed by atoms with van der Waals surface area (Å²) in [6.07, 6.45) is 0. The van der Waals surface area contributed by atoms with E-state index in [0.29, 0.717) is 16.9 Å². The minimum Gasteiger partial charge on any atom is -0.497 e. The van der Waals surface area contributed by atoms with Crippen LogP contribution in [0, 0.1) is 21.7 Å². The van der Waals surface area contributed by atoms with E-state index < -0.39 is 28.6 Å². The highest BCUT2D eigenvalue weighted by molar-refractivity contribution is 5.59. The van der Waals surface area contributed by atoms with Crippen LogP contribution in [0.1, 0.15) is 35.7 Å². The summed E-state index contributed by atoms with van der Waals surface area (Å²) >= 11 is 0. The minimum atomic E-state index is -0.693. The molecule has 0 aliphatic rings. The Bertz CT molecular complexity index is 1120. The highest BCUT2D eigenvalue weighted by Gasteiger charge is 2.26. The van der Waals surface area contributed by atoms with Crippen LogP contribution in [0.15, 0.2) is 54.6 Å². The molecule has 1 N–H and O–H groups in total. The van der Waals surface area contributed by atoms with Crippen molar-refractivity contribution in [2.45, 2.75) is 19.0 Å². The number of nitrogens with zero attached hydrogens (tertiary/aromatic N) is 1. The van der Waals surface area contributed by atoms with Gasteiger partial charge in [0.15, 0.2) is 5.75 Å². The summed E-state index contributed by atoms with van der Waals surface area (Å²) in [5, 5.41) is 15.0. The minimum absolute atomic E-state index is 0.0000177. The Labute approximate surface area is 190 Å². The van der Waals surface area contributed by atoms with E-state index in [4.69, 9.17) is 14.2 Å². The number of methoxy groups -OCH3 is 3. The maximum Gasteiger partial charge on any atom is 0.315 e. The van der Waals surface area contributed by atoms with Gasteiger partial charge in [-0.2, -0.15) is 0 Å². The van der Waals surface area contributed by atoms with Gasteiger partial charge in [0.1, 0.15) is 17.4 Å². The highest BCUT2D eigenvalue weighted by atomic mass is 19.1. The zero-order valence-corrected chi connectivity index (χ0v) is 18.6. The van der Waals surface area contributed by atoms with Crippen LogP contribution in [0.2, 0.25) is 0 Å². The third-order valence-corrected chi connectivity index (χ3v) is 5.26. The SMILES string of the molecule is COc1ccc(C(NC(C)c2cc(F)cc(F)c2)c2cc(OC)c(OC)c([N+](=O)[O-])c2)cc1. The Morgan fingerprint density at radius 3 is 2.00 bits per heavy atom. The molecule has 0 heterocycles. The van der Waals surface area contributed by atoms with Crippen LogP contribution < -0.4 is 19.5 Å². The highest BCUT2D eigenvalue weighted by Crippen LogP contribution is 2.41. The largest absolute Gasteiger partial charge is 0.497 e. The molecule has 0 spiro atoms. The maximum atomic E-state index is 13.8. The predicted molar refractivity (Wildman–Crippen MR) is 119 cm³/mol. The maximum absolute atomic E-state index is 13.8. The second-order valence-corrected chi connectivity index (χ2v) is 7.33. The number of nitro benzene ring substituents is 1. The number of rotatable bonds is 9. The van der Waals surface area contributed by atoms with Crippen molar-refractivity contribution < 1.29 is 27.9 Å². The van der Waals surface area contributed by atoms with Gasteiger partial charge in [0.2, 0.25) is 5.75 Å². The fourth-order valence-electron chi connectivity index (χ4n) is 3.62. The van der Waals surface area contributed by atoms with Crippen molar-refractivity contribution >= 4 is 5.69 Å². The Balaban J connectivity index is 2.12. The molecule has 0 saturated heterocycles. The first-order valence-corrected chi connectivity index (χ1v) is 10.0. The number of nitro groups is 1. The lowest BCUT2D eigenvalue weighted by Crippen LogP contribution is -2.26. The molecule has 0 aliphatic carbocycles. The van der Waals surface area contributed by atoms with Crippen LogP contribution in [0.5, 0.6) is 17.2 Å². The van der Waals surface area contributed by atoms with Crippen LogP contribution in [-0.2, 0) is 0 Å². The van der Waals surface area contributed by atoms with Gasteiger partial charge in [-0.15, -0.1) is 0 Å². The van der Waals surface area contributed by atoms with E-state index in [0.717, 1.165) is 11.6 Å². The second kappa shape index (κ2) is 10.3. The van der Waals surface area contributed by atoms with E-state index in [1.165, 1.54) is 32.4 Å². The number of halogens is 2. The van der Waals surface area contributed by atoms with E-state index in [2.05, 4.69) is 5.32 Å². The Kier molecular flexibility index (Phi) is 7.44. The van der Waals surface area contributed by atoms with E-state index >= 15 is 0 Å². The van der Waals surface area contributed by atoms with Crippen LogP contribution >= 0.6 is 0 Å². The zero-order valence-electron chi connectivity index (χ0n) is 18.6. The number of hydrogen-bond donors (Lipinski definition) is 1. The number of benzene rings is 3. The molecular weight excluding hydrogens is 434 g/mol. The zero-order chi connectivity index (χ0) is 24.1. The smallest absolute Gasteiger partial charge is 0.315 e. The molecule has 9 heteroatoms. The monoisotopic (exact) mass is 458 g/mol. The first-order chi connectivity index (χ1) is 15.8. The molecule has 0 fully saturated rings. The van der Waals surface area contributed by atoms with Crippen molar-refractivity contribution in [3.8, 4) is 17.2 Å². The van der Waals surface area contributed by atoms with Crippen LogP contribution in [-0.4, -0.2) is 26.3 Å². The van der Waals surface area contributed by atoms with Gasteiger partial charge in [-0.05, 0) is 53.9 Å². The summed E-state index contributed by atoms with van der Waals surface area (Å²) in [4.78, 5) is 11.2. The fourth-order valence-corrected chi connectivity index (χ4v) is 3.62. The second-order valence-electron chi connectivity index (χ2n) is 7.33. The molecule has 2 unspecified atom stereocenters. The average Bonchev–Trinajstić information content (AvgIpc) is 2.80. The summed E-state index contributed by atoms with van der Waals surface area (Å²) in [5.74, 6) is -0.565. The van der Waals surface area contributed by atoms with Crippen molar-refractivity contribution in [1.29, 1.82) is 0 Å². The van der Waals surface area contributed by atoms with E-state index in [1.54, 1.807) is 44.4 Å². The quantitative estimate of drug-likeness (QED) is 0.344. The lowest BCUT2D eigenvalue weighted by Gasteiger charge is -2.25. The molecule has 3 aromatic carbocycles. The summed E-state index contributed by atoms with van der Waals surface area (Å²) in [7, 11) is 4.26. The van der Waals surface area contributed by atoms with Crippen molar-refractivity contribution in [3.05, 3.63) is 93.0 Å². The van der Waals surface area contributed by atoms with Gasteiger partial charge in [-0.1, -0.05) is 12.1 Å². The Morgan fingerprint density at radius 2 is 1.48 bits per heavy atom. The summed E-state index contributed by atoms with van der Waals surface area (Å²) in [6, 6.07) is 12.3. The van der Waals surface area contributed by atoms with Crippen molar-refractivity contribution in [1.82, 2.24) is 5.32 Å². The molecule has 0 aliphatic heterocycles. The van der Waals surface area contributed by atoms with E-state index in [1.807, 2.05) is 0 Å². The van der Waals surface area contributed by atoms with Gasteiger partial charge in [-0.25, -0.2) is 8.78 Å². The molecule has 3 aromatic rings. The molecular formula is C24H24F2N2O5. The van der Waals surface area contributed by atoms with Gasteiger partial charge < -0.3 is 14.2 Å². The number of ether oxygens (including phenoxy) is 3. The lowest BCUT2D eigenvalue weighted by molar-refractivity contribution is -0.385. The Morgan fingerprint density at radius 1 is 0.848 bits per heavy atom. The van der Waals surface area contributed by atoms with Crippen molar-refractivity contribution in [2.75, 3.05) is 21.3 Å². The van der Waals surface area contributed by atoms with Gasteiger partial charge in [0.25, 0.3) is 0 Å². The molecule has 0 radical (unpaired) electrons. The molecule has 0 saturated carbocycles. The molecule has 0 amide bonds. The average molecular weight is 458 g/mol. The summed E-state index contributed by atoms with van der Waals surface area (Å²) in [5.41, 5.74) is 1.38. The first kappa shape index (κ1) is 23.9. The molecule has 2 atom stereocenters. The van der Waals surface area contributed by atoms with Gasteiger partial charge in [0, 0.05) is 18.2 Å². The topological polar surface area (TPSA) is 82.9 Å². The van der Waals surface area contributed by atoms with E-state index in [9.17, 15) is 18.9 Å². The van der Waals surface area contributed by atoms with Crippen LogP contribution in [0.3, 0.4) is 0 Å².